The maximum Gasteiger partial charge on any atom is 0.278 e. The van der Waals surface area contributed by atoms with E-state index in [1.165, 1.54) is 11.1 Å². The summed E-state index contributed by atoms with van der Waals surface area (Å²) in [4.78, 5) is 10.3. The molecule has 0 bridgehead atoms. The van der Waals surface area contributed by atoms with Gasteiger partial charge in [0.2, 0.25) is 0 Å². The minimum atomic E-state index is 0.339. The van der Waals surface area contributed by atoms with E-state index in [9.17, 15) is 4.79 Å². The van der Waals surface area contributed by atoms with Crippen LogP contribution in [0.5, 0.6) is 0 Å². The number of hydrogen-bond donors (Lipinski definition) is 2. The average molecular weight is 218 g/mol. The van der Waals surface area contributed by atoms with Gasteiger partial charge in [0.05, 0.1) is 6.19 Å². The van der Waals surface area contributed by atoms with Crippen molar-refractivity contribution in [2.45, 2.75) is 32.7 Å². The zero-order valence-corrected chi connectivity index (χ0v) is 9.99. The molecule has 3 nitrogen and oxygen atoms in total. The van der Waals surface area contributed by atoms with Crippen LogP contribution in [-0.2, 0) is 11.2 Å². The van der Waals surface area contributed by atoms with E-state index >= 15 is 0 Å². The van der Waals surface area contributed by atoms with E-state index in [1.54, 1.807) is 0 Å². The summed E-state index contributed by atoms with van der Waals surface area (Å²) in [5, 5.41) is 3.21. The molecule has 4 heteroatoms. The van der Waals surface area contributed by atoms with Gasteiger partial charge in [-0.05, 0) is 43.0 Å². The molecule has 0 spiro atoms. The zero-order valence-electron chi connectivity index (χ0n) is 9.99. The Bertz CT molecular complexity index is 355. The summed E-state index contributed by atoms with van der Waals surface area (Å²) in [6.07, 6.45) is 2.82. The highest BCUT2D eigenvalue weighted by molar-refractivity contribution is 6.64. The van der Waals surface area contributed by atoms with Crippen molar-refractivity contribution >= 4 is 19.3 Å². The Morgan fingerprint density at radius 2 is 2.31 bits per heavy atom. The van der Waals surface area contributed by atoms with Gasteiger partial charge in [-0.1, -0.05) is 13.0 Å². The standard InChI is InChI=1S/C12H19BN2O/c1-3-12(15-13-8-16)7-10-6-11(14)5-4-9(10)2/h4-6,8,12-13,15H,3,7,14H2,1-2H3/t12-/m0/s1. The van der Waals surface area contributed by atoms with Crippen LogP contribution in [0, 0.1) is 6.92 Å². The van der Waals surface area contributed by atoms with Crippen molar-refractivity contribution in [3.05, 3.63) is 29.3 Å². The number of hydrogen-bond acceptors (Lipinski definition) is 3. The first-order chi connectivity index (χ1) is 7.67. The molecule has 0 radical (unpaired) electrons. The average Bonchev–Trinajstić information content (AvgIpc) is 2.28. The van der Waals surface area contributed by atoms with Gasteiger partial charge in [-0.25, -0.2) is 0 Å². The lowest BCUT2D eigenvalue weighted by atomic mass is 9.92. The predicted molar refractivity (Wildman–Crippen MR) is 70.4 cm³/mol. The summed E-state index contributed by atoms with van der Waals surface area (Å²) in [6, 6.07) is 6.31. The van der Waals surface area contributed by atoms with Crippen LogP contribution in [0.1, 0.15) is 24.5 Å². The smallest absolute Gasteiger partial charge is 0.278 e. The molecule has 1 aromatic carbocycles. The minimum absolute atomic E-state index is 0.339. The van der Waals surface area contributed by atoms with Crippen molar-refractivity contribution in [1.82, 2.24) is 5.23 Å². The number of benzene rings is 1. The summed E-state index contributed by atoms with van der Waals surface area (Å²) in [5.74, 6) is 0. The summed E-state index contributed by atoms with van der Waals surface area (Å²) in [6.45, 7) is 4.20. The first-order valence-corrected chi connectivity index (χ1v) is 5.69. The van der Waals surface area contributed by atoms with Gasteiger partial charge in [0.15, 0.2) is 0 Å². The van der Waals surface area contributed by atoms with Gasteiger partial charge in [0.25, 0.3) is 7.41 Å². The molecule has 0 saturated heterocycles. The maximum atomic E-state index is 10.3. The molecule has 1 rings (SSSR count). The van der Waals surface area contributed by atoms with Crippen molar-refractivity contribution in [1.29, 1.82) is 0 Å². The molecule has 0 unspecified atom stereocenters. The van der Waals surface area contributed by atoms with Crippen molar-refractivity contribution in [2.24, 2.45) is 0 Å². The third kappa shape index (κ3) is 3.70. The van der Waals surface area contributed by atoms with E-state index in [4.69, 9.17) is 5.73 Å². The van der Waals surface area contributed by atoms with Crippen LogP contribution in [0.25, 0.3) is 0 Å². The quantitative estimate of drug-likeness (QED) is 0.426. The summed E-state index contributed by atoms with van der Waals surface area (Å²) in [7, 11) is 0.417. The summed E-state index contributed by atoms with van der Waals surface area (Å²) < 4.78 is 0. The third-order valence-corrected chi connectivity index (χ3v) is 2.82. The van der Waals surface area contributed by atoms with Gasteiger partial charge in [-0.3, -0.25) is 0 Å². The van der Waals surface area contributed by atoms with E-state index in [0.29, 0.717) is 13.5 Å². The highest BCUT2D eigenvalue weighted by Gasteiger charge is 2.08. The Kier molecular flexibility index (Phi) is 5.06. The molecule has 16 heavy (non-hydrogen) atoms. The van der Waals surface area contributed by atoms with Gasteiger partial charge < -0.3 is 15.8 Å². The first kappa shape index (κ1) is 12.8. The van der Waals surface area contributed by atoms with Crippen molar-refractivity contribution in [2.75, 3.05) is 5.73 Å². The van der Waals surface area contributed by atoms with Crippen LogP contribution in [0.4, 0.5) is 5.69 Å². The molecule has 0 aliphatic heterocycles. The minimum Gasteiger partial charge on any atom is -0.399 e. The Balaban J connectivity index is 2.69. The molecule has 1 atom stereocenters. The molecule has 0 aliphatic carbocycles. The number of rotatable bonds is 6. The second-order valence-corrected chi connectivity index (χ2v) is 4.07. The third-order valence-electron chi connectivity index (χ3n) is 2.82. The molecule has 3 N–H and O–H groups in total. The second kappa shape index (κ2) is 6.33. The van der Waals surface area contributed by atoms with Crippen molar-refractivity contribution < 1.29 is 4.79 Å². The van der Waals surface area contributed by atoms with Crippen molar-refractivity contribution in [3.63, 3.8) is 0 Å². The Hall–Kier alpha value is -1.29. The highest BCUT2D eigenvalue weighted by atomic mass is 16.1. The fourth-order valence-corrected chi connectivity index (χ4v) is 1.75. The van der Waals surface area contributed by atoms with Crippen molar-refractivity contribution in [3.8, 4) is 0 Å². The van der Waals surface area contributed by atoms with Crippen LogP contribution >= 0.6 is 0 Å². The highest BCUT2D eigenvalue weighted by Crippen LogP contribution is 2.15. The molecular formula is C12H19BN2O. The van der Waals surface area contributed by atoms with E-state index < -0.39 is 0 Å². The van der Waals surface area contributed by atoms with Crippen LogP contribution in [-0.4, -0.2) is 19.6 Å². The predicted octanol–water partition coefficient (Wildman–Crippen LogP) is 1.03. The fraction of sp³-hybridized carbons (Fsp3) is 0.417. The van der Waals surface area contributed by atoms with Crippen LogP contribution in [0.15, 0.2) is 18.2 Å². The maximum absolute atomic E-state index is 10.3. The number of carbonyl (C=O) groups is 1. The molecular weight excluding hydrogens is 199 g/mol. The lowest BCUT2D eigenvalue weighted by molar-refractivity contribution is 0.563. The molecule has 0 aliphatic rings. The van der Waals surface area contributed by atoms with E-state index in [-0.39, 0.29) is 0 Å². The molecule has 0 fully saturated rings. The number of nitrogen functional groups attached to an aromatic ring is 1. The zero-order chi connectivity index (χ0) is 12.0. The molecule has 0 heterocycles. The van der Waals surface area contributed by atoms with Crippen LogP contribution < -0.4 is 11.0 Å². The normalized spacial score (nSPS) is 12.1. The van der Waals surface area contributed by atoms with Gasteiger partial charge in [0, 0.05) is 11.7 Å². The second-order valence-electron chi connectivity index (χ2n) is 4.07. The van der Waals surface area contributed by atoms with E-state index in [0.717, 1.165) is 24.7 Å². The van der Waals surface area contributed by atoms with Crippen LogP contribution in [0.3, 0.4) is 0 Å². The number of aryl methyl sites for hydroxylation is 1. The summed E-state index contributed by atoms with van der Waals surface area (Å²) >= 11 is 0. The van der Waals surface area contributed by atoms with Gasteiger partial charge in [0.1, 0.15) is 0 Å². The molecule has 86 valence electrons. The largest absolute Gasteiger partial charge is 0.399 e. The van der Waals surface area contributed by atoms with Gasteiger partial charge in [-0.2, -0.15) is 0 Å². The van der Waals surface area contributed by atoms with E-state index in [1.807, 2.05) is 18.2 Å². The van der Waals surface area contributed by atoms with Gasteiger partial charge in [-0.15, -0.1) is 0 Å². The number of nitrogens with one attached hydrogen (secondary N) is 1. The topological polar surface area (TPSA) is 55.1 Å². The number of nitrogens with two attached hydrogens (primary N) is 1. The number of anilines is 1. The fourth-order valence-electron chi connectivity index (χ4n) is 1.75. The lowest BCUT2D eigenvalue weighted by Gasteiger charge is -2.17. The lowest BCUT2D eigenvalue weighted by Crippen LogP contribution is -2.34. The molecule has 0 aromatic heterocycles. The van der Waals surface area contributed by atoms with Crippen LogP contribution in [0.2, 0.25) is 0 Å². The Morgan fingerprint density at radius 1 is 1.56 bits per heavy atom. The first-order valence-electron chi connectivity index (χ1n) is 5.69. The molecule has 0 saturated carbocycles. The monoisotopic (exact) mass is 218 g/mol. The molecule has 0 amide bonds. The Labute approximate surface area is 97.7 Å². The van der Waals surface area contributed by atoms with Gasteiger partial charge >= 0.3 is 0 Å². The number of carbonyl (C=O) groups excluding carboxylic acids is 1. The molecule has 1 aromatic rings. The summed E-state index contributed by atoms with van der Waals surface area (Å²) in [5.41, 5.74) is 9.07. The Morgan fingerprint density at radius 3 is 2.94 bits per heavy atom. The van der Waals surface area contributed by atoms with E-state index in [2.05, 4.69) is 19.1 Å². The SMILES string of the molecule is CC[C@@H](Cc1cc(N)ccc1C)NBC=O.